The number of anilines is 1. The van der Waals surface area contributed by atoms with Crippen LogP contribution in [0.4, 0.5) is 5.95 Å². The fourth-order valence-electron chi connectivity index (χ4n) is 3.24. The van der Waals surface area contributed by atoms with Crippen molar-refractivity contribution in [3.8, 4) is 0 Å². The molecule has 3 heterocycles. The number of hydrogen-bond acceptors (Lipinski definition) is 6. The van der Waals surface area contributed by atoms with Crippen LogP contribution in [0.15, 0.2) is 29.3 Å². The van der Waals surface area contributed by atoms with Crippen molar-refractivity contribution >= 4 is 11.9 Å². The van der Waals surface area contributed by atoms with Crippen LogP contribution in [-0.4, -0.2) is 49.5 Å². The predicted octanol–water partition coefficient (Wildman–Crippen LogP) is 1.14. The topological polar surface area (TPSA) is 93.0 Å². The van der Waals surface area contributed by atoms with Crippen molar-refractivity contribution in [2.45, 2.75) is 45.7 Å². The van der Waals surface area contributed by atoms with Crippen LogP contribution in [0, 0.1) is 13.8 Å². The van der Waals surface area contributed by atoms with Gasteiger partial charge in [-0.25, -0.2) is 14.8 Å². The lowest BCUT2D eigenvalue weighted by atomic mass is 10.0. The standard InChI is InChI=1S/C18H24N6O2/c1-13-12-14(2)24(18(26)21-13)11-6-16(25)23-9-4-15(5-10-23)22-17-19-7-3-8-20-17/h3,7-8,12,15H,4-6,9-11H2,1-2H3,(H,19,20,22). The number of carbonyl (C=O) groups is 1. The molecule has 138 valence electrons. The van der Waals surface area contributed by atoms with E-state index in [1.807, 2.05) is 17.9 Å². The number of amides is 1. The van der Waals surface area contributed by atoms with Gasteiger partial charge in [-0.1, -0.05) is 0 Å². The van der Waals surface area contributed by atoms with Crippen molar-refractivity contribution in [1.29, 1.82) is 0 Å². The Bertz CT molecular complexity index is 812. The van der Waals surface area contributed by atoms with E-state index in [9.17, 15) is 9.59 Å². The van der Waals surface area contributed by atoms with Crippen molar-refractivity contribution < 1.29 is 4.79 Å². The van der Waals surface area contributed by atoms with Crippen molar-refractivity contribution in [2.75, 3.05) is 18.4 Å². The number of aryl methyl sites for hydroxylation is 2. The van der Waals surface area contributed by atoms with E-state index >= 15 is 0 Å². The minimum atomic E-state index is -0.291. The lowest BCUT2D eigenvalue weighted by Gasteiger charge is -2.32. The zero-order chi connectivity index (χ0) is 18.5. The molecule has 0 spiro atoms. The highest BCUT2D eigenvalue weighted by Crippen LogP contribution is 2.15. The van der Waals surface area contributed by atoms with Gasteiger partial charge in [-0.05, 0) is 38.8 Å². The van der Waals surface area contributed by atoms with Crippen LogP contribution in [0.3, 0.4) is 0 Å². The van der Waals surface area contributed by atoms with Gasteiger partial charge in [-0.2, -0.15) is 4.98 Å². The molecule has 0 unspecified atom stereocenters. The highest BCUT2D eigenvalue weighted by Gasteiger charge is 2.23. The smallest absolute Gasteiger partial charge is 0.347 e. The summed E-state index contributed by atoms with van der Waals surface area (Å²) in [5.41, 5.74) is 1.24. The molecule has 2 aromatic heterocycles. The summed E-state index contributed by atoms with van der Waals surface area (Å²) in [5.74, 6) is 0.699. The molecule has 1 aliphatic rings. The summed E-state index contributed by atoms with van der Waals surface area (Å²) in [4.78, 5) is 38.6. The maximum absolute atomic E-state index is 12.5. The quantitative estimate of drug-likeness (QED) is 0.864. The molecule has 1 N–H and O–H groups in total. The molecule has 26 heavy (non-hydrogen) atoms. The van der Waals surface area contributed by atoms with Crippen LogP contribution in [0.5, 0.6) is 0 Å². The van der Waals surface area contributed by atoms with Crippen LogP contribution >= 0.6 is 0 Å². The normalized spacial score (nSPS) is 15.1. The van der Waals surface area contributed by atoms with Crippen molar-refractivity contribution in [3.63, 3.8) is 0 Å². The molecule has 3 rings (SSSR count). The monoisotopic (exact) mass is 356 g/mol. The van der Waals surface area contributed by atoms with Gasteiger partial charge in [0, 0.05) is 55.9 Å². The van der Waals surface area contributed by atoms with E-state index in [2.05, 4.69) is 20.3 Å². The molecule has 0 saturated carbocycles. The molecule has 2 aromatic rings. The average Bonchev–Trinajstić information content (AvgIpc) is 2.62. The van der Waals surface area contributed by atoms with Gasteiger partial charge in [0.1, 0.15) is 0 Å². The van der Waals surface area contributed by atoms with Gasteiger partial charge in [-0.15, -0.1) is 0 Å². The van der Waals surface area contributed by atoms with Gasteiger partial charge >= 0.3 is 5.69 Å². The second-order valence-electron chi connectivity index (χ2n) is 6.59. The summed E-state index contributed by atoms with van der Waals surface area (Å²) in [6.45, 7) is 5.42. The Labute approximate surface area is 152 Å². The zero-order valence-electron chi connectivity index (χ0n) is 15.2. The van der Waals surface area contributed by atoms with E-state index < -0.39 is 0 Å². The third kappa shape index (κ3) is 4.44. The lowest BCUT2D eigenvalue weighted by molar-refractivity contribution is -0.132. The highest BCUT2D eigenvalue weighted by molar-refractivity contribution is 5.76. The third-order valence-electron chi connectivity index (χ3n) is 4.64. The molecule has 0 radical (unpaired) electrons. The van der Waals surface area contributed by atoms with E-state index in [0.717, 1.165) is 18.5 Å². The number of likely N-dealkylation sites (tertiary alicyclic amines) is 1. The summed E-state index contributed by atoms with van der Waals surface area (Å²) in [7, 11) is 0. The fourth-order valence-corrected chi connectivity index (χ4v) is 3.24. The Morgan fingerprint density at radius 3 is 2.58 bits per heavy atom. The zero-order valence-corrected chi connectivity index (χ0v) is 15.2. The molecule has 0 aliphatic carbocycles. The minimum absolute atomic E-state index is 0.0753. The van der Waals surface area contributed by atoms with Crippen molar-refractivity contribution in [1.82, 2.24) is 24.4 Å². The Hall–Kier alpha value is -2.77. The average molecular weight is 356 g/mol. The summed E-state index contributed by atoms with van der Waals surface area (Å²) in [6, 6.07) is 3.91. The van der Waals surface area contributed by atoms with Crippen LogP contribution < -0.4 is 11.0 Å². The number of hydrogen-bond donors (Lipinski definition) is 1. The predicted molar refractivity (Wildman–Crippen MR) is 97.8 cm³/mol. The van der Waals surface area contributed by atoms with Crippen LogP contribution in [0.25, 0.3) is 0 Å². The molecule has 8 nitrogen and oxygen atoms in total. The first kappa shape index (κ1) is 18.0. The summed E-state index contributed by atoms with van der Waals surface area (Å²) < 4.78 is 1.56. The number of piperidine rings is 1. The van der Waals surface area contributed by atoms with E-state index in [1.54, 1.807) is 30.0 Å². The Morgan fingerprint density at radius 1 is 1.23 bits per heavy atom. The first-order valence-corrected chi connectivity index (χ1v) is 8.89. The summed E-state index contributed by atoms with van der Waals surface area (Å²) >= 11 is 0. The molecule has 8 heteroatoms. The SMILES string of the molecule is Cc1cc(C)n(CCC(=O)N2CCC(Nc3ncccn3)CC2)c(=O)n1. The van der Waals surface area contributed by atoms with Crippen molar-refractivity contribution in [3.05, 3.63) is 46.4 Å². The molecular formula is C18H24N6O2. The van der Waals surface area contributed by atoms with E-state index in [0.29, 0.717) is 37.7 Å². The number of nitrogens with zero attached hydrogens (tertiary/aromatic N) is 5. The number of nitrogens with one attached hydrogen (secondary N) is 1. The number of carbonyl (C=O) groups excluding carboxylic acids is 1. The van der Waals surface area contributed by atoms with Crippen LogP contribution in [-0.2, 0) is 11.3 Å². The maximum atomic E-state index is 12.5. The molecule has 1 fully saturated rings. The number of rotatable bonds is 5. The Balaban J connectivity index is 1.49. The molecule has 0 bridgehead atoms. The van der Waals surface area contributed by atoms with E-state index in [4.69, 9.17) is 0 Å². The highest BCUT2D eigenvalue weighted by atomic mass is 16.2. The Morgan fingerprint density at radius 2 is 1.92 bits per heavy atom. The van der Waals surface area contributed by atoms with Gasteiger partial charge in [0.05, 0.1) is 0 Å². The van der Waals surface area contributed by atoms with Crippen molar-refractivity contribution in [2.24, 2.45) is 0 Å². The first-order valence-electron chi connectivity index (χ1n) is 8.89. The van der Waals surface area contributed by atoms with Gasteiger partial charge in [0.2, 0.25) is 11.9 Å². The first-order chi connectivity index (χ1) is 12.5. The van der Waals surface area contributed by atoms with Gasteiger partial charge in [-0.3, -0.25) is 9.36 Å². The fraction of sp³-hybridized carbons (Fsp3) is 0.500. The largest absolute Gasteiger partial charge is 0.351 e. The van der Waals surface area contributed by atoms with E-state index in [1.165, 1.54) is 0 Å². The lowest BCUT2D eigenvalue weighted by Crippen LogP contribution is -2.43. The van der Waals surface area contributed by atoms with Crippen LogP contribution in [0.1, 0.15) is 30.7 Å². The van der Waals surface area contributed by atoms with Gasteiger partial charge in [0.25, 0.3) is 0 Å². The van der Waals surface area contributed by atoms with Gasteiger partial charge < -0.3 is 10.2 Å². The second kappa shape index (κ2) is 8.07. The number of aromatic nitrogens is 4. The molecule has 0 aromatic carbocycles. The molecule has 0 atom stereocenters. The molecule has 1 aliphatic heterocycles. The van der Waals surface area contributed by atoms with E-state index in [-0.39, 0.29) is 17.6 Å². The second-order valence-corrected chi connectivity index (χ2v) is 6.59. The van der Waals surface area contributed by atoms with Crippen LogP contribution in [0.2, 0.25) is 0 Å². The molecule has 1 saturated heterocycles. The molecule has 1 amide bonds. The Kier molecular flexibility index (Phi) is 5.60. The summed E-state index contributed by atoms with van der Waals surface area (Å²) in [6.07, 6.45) is 5.44. The minimum Gasteiger partial charge on any atom is -0.351 e. The molecular weight excluding hydrogens is 332 g/mol. The van der Waals surface area contributed by atoms with Gasteiger partial charge in [0.15, 0.2) is 0 Å². The third-order valence-corrected chi connectivity index (χ3v) is 4.64. The summed E-state index contributed by atoms with van der Waals surface area (Å²) in [5, 5.41) is 3.30. The maximum Gasteiger partial charge on any atom is 0.347 e.